The smallest absolute Gasteiger partial charge is 0.223 e. The van der Waals surface area contributed by atoms with Gasteiger partial charge in [-0.3, -0.25) is 9.69 Å². The summed E-state index contributed by atoms with van der Waals surface area (Å²) in [5, 5.41) is 6.11. The highest BCUT2D eigenvalue weighted by molar-refractivity contribution is 7.09. The van der Waals surface area contributed by atoms with Crippen molar-refractivity contribution < 1.29 is 4.79 Å². The summed E-state index contributed by atoms with van der Waals surface area (Å²) < 4.78 is 0. The van der Waals surface area contributed by atoms with Gasteiger partial charge in [0.25, 0.3) is 0 Å². The Morgan fingerprint density at radius 2 is 2.20 bits per heavy atom. The van der Waals surface area contributed by atoms with Crippen LogP contribution in [-0.4, -0.2) is 28.9 Å². The molecule has 0 saturated heterocycles. The van der Waals surface area contributed by atoms with Gasteiger partial charge in [-0.15, -0.1) is 11.3 Å². The van der Waals surface area contributed by atoms with Gasteiger partial charge in [-0.05, 0) is 31.8 Å². The number of rotatable bonds is 8. The van der Waals surface area contributed by atoms with Crippen molar-refractivity contribution in [2.75, 3.05) is 13.1 Å². The van der Waals surface area contributed by atoms with Crippen LogP contribution in [-0.2, 0) is 17.9 Å². The highest BCUT2D eigenvalue weighted by Gasteiger charge is 2.32. The van der Waals surface area contributed by atoms with Crippen LogP contribution >= 0.6 is 11.3 Å². The highest BCUT2D eigenvalue weighted by Crippen LogP contribution is 2.36. The standard InChI is InChI=1S/C15H25N3OS/c1-4-18(5-2)9-13-10-20-14(17-13)8-16-15(19)11(3)12-6-7-12/h10-12H,4-9H2,1-3H3,(H,16,19). The van der Waals surface area contributed by atoms with Gasteiger partial charge in [-0.25, -0.2) is 4.98 Å². The molecule has 1 fully saturated rings. The summed E-state index contributed by atoms with van der Waals surface area (Å²) in [7, 11) is 0. The summed E-state index contributed by atoms with van der Waals surface area (Å²) in [5.74, 6) is 0.947. The van der Waals surface area contributed by atoms with Gasteiger partial charge in [-0.2, -0.15) is 0 Å². The Hall–Kier alpha value is -0.940. The number of amides is 1. The lowest BCUT2D eigenvalue weighted by molar-refractivity contribution is -0.125. The molecule has 2 rings (SSSR count). The minimum absolute atomic E-state index is 0.158. The second-order valence-corrected chi connectivity index (χ2v) is 6.48. The second-order valence-electron chi connectivity index (χ2n) is 5.54. The zero-order valence-corrected chi connectivity index (χ0v) is 13.5. The Morgan fingerprint density at radius 3 is 2.80 bits per heavy atom. The summed E-state index contributed by atoms with van der Waals surface area (Å²) in [6, 6.07) is 0. The Morgan fingerprint density at radius 1 is 1.50 bits per heavy atom. The van der Waals surface area contributed by atoms with Crippen LogP contribution in [0, 0.1) is 11.8 Å². The first-order valence-corrected chi connectivity index (χ1v) is 8.45. The molecule has 1 N–H and O–H groups in total. The van der Waals surface area contributed by atoms with Gasteiger partial charge in [0.1, 0.15) is 5.01 Å². The molecule has 1 amide bonds. The molecule has 1 saturated carbocycles. The van der Waals surface area contributed by atoms with E-state index in [1.54, 1.807) is 11.3 Å². The summed E-state index contributed by atoms with van der Waals surface area (Å²) in [6.07, 6.45) is 2.42. The molecule has 1 aromatic heterocycles. The maximum Gasteiger partial charge on any atom is 0.223 e. The van der Waals surface area contributed by atoms with Crippen molar-refractivity contribution in [2.45, 2.75) is 46.7 Å². The predicted octanol–water partition coefficient (Wildman–Crippen LogP) is 2.65. The Kier molecular flexibility index (Phi) is 5.54. The third kappa shape index (κ3) is 4.28. The van der Waals surface area contributed by atoms with Crippen LogP contribution in [0.3, 0.4) is 0 Å². The molecular formula is C15H25N3OS. The number of aromatic nitrogens is 1. The van der Waals surface area contributed by atoms with Gasteiger partial charge < -0.3 is 5.32 Å². The fourth-order valence-corrected chi connectivity index (χ4v) is 3.04. The SMILES string of the molecule is CCN(CC)Cc1csc(CNC(=O)C(C)C2CC2)n1. The van der Waals surface area contributed by atoms with Crippen LogP contribution < -0.4 is 5.32 Å². The topological polar surface area (TPSA) is 45.2 Å². The van der Waals surface area contributed by atoms with Crippen molar-refractivity contribution in [1.82, 2.24) is 15.2 Å². The molecule has 112 valence electrons. The van der Waals surface area contributed by atoms with Crippen LogP contribution in [0.2, 0.25) is 0 Å². The monoisotopic (exact) mass is 295 g/mol. The van der Waals surface area contributed by atoms with Crippen LogP contribution in [0.4, 0.5) is 0 Å². The molecule has 0 spiro atoms. The van der Waals surface area contributed by atoms with E-state index in [1.807, 2.05) is 6.92 Å². The average Bonchev–Trinajstić information content (AvgIpc) is 3.22. The van der Waals surface area contributed by atoms with Crippen molar-refractivity contribution in [3.8, 4) is 0 Å². The summed E-state index contributed by atoms with van der Waals surface area (Å²) in [4.78, 5) is 18.9. The number of thiazole rings is 1. The molecule has 4 nitrogen and oxygen atoms in total. The van der Waals surface area contributed by atoms with Crippen molar-refractivity contribution in [1.29, 1.82) is 0 Å². The first-order chi connectivity index (χ1) is 9.63. The number of hydrogen-bond acceptors (Lipinski definition) is 4. The molecular weight excluding hydrogens is 270 g/mol. The molecule has 5 heteroatoms. The first kappa shape index (κ1) is 15.4. The molecule has 0 radical (unpaired) electrons. The molecule has 20 heavy (non-hydrogen) atoms. The highest BCUT2D eigenvalue weighted by atomic mass is 32.1. The molecule has 1 aromatic rings. The van der Waals surface area contributed by atoms with Gasteiger partial charge in [0.05, 0.1) is 12.2 Å². The summed E-state index contributed by atoms with van der Waals surface area (Å²) >= 11 is 1.64. The molecule has 1 unspecified atom stereocenters. The average molecular weight is 295 g/mol. The molecule has 1 aliphatic rings. The zero-order valence-electron chi connectivity index (χ0n) is 12.7. The van der Waals surface area contributed by atoms with Gasteiger partial charge in [0.15, 0.2) is 0 Å². The summed E-state index contributed by atoms with van der Waals surface area (Å²) in [6.45, 7) is 9.90. The number of nitrogens with one attached hydrogen (secondary N) is 1. The lowest BCUT2D eigenvalue weighted by Gasteiger charge is -2.15. The molecule has 0 bridgehead atoms. The summed E-state index contributed by atoms with van der Waals surface area (Å²) in [5.41, 5.74) is 1.11. The van der Waals surface area contributed by atoms with E-state index in [4.69, 9.17) is 0 Å². The van der Waals surface area contributed by atoms with E-state index in [0.29, 0.717) is 12.5 Å². The van der Waals surface area contributed by atoms with Crippen LogP contribution in [0.25, 0.3) is 0 Å². The van der Waals surface area contributed by atoms with Crippen molar-refractivity contribution in [3.63, 3.8) is 0 Å². The fraction of sp³-hybridized carbons (Fsp3) is 0.733. The number of nitrogens with zero attached hydrogens (tertiary/aromatic N) is 2. The Bertz CT molecular complexity index is 438. The molecule has 0 aromatic carbocycles. The Balaban J connectivity index is 1.78. The third-order valence-electron chi connectivity index (χ3n) is 4.04. The van der Waals surface area contributed by atoms with E-state index in [2.05, 4.69) is 34.4 Å². The maximum absolute atomic E-state index is 11.9. The van der Waals surface area contributed by atoms with Gasteiger partial charge in [0, 0.05) is 17.8 Å². The van der Waals surface area contributed by atoms with Crippen LogP contribution in [0.15, 0.2) is 5.38 Å². The van der Waals surface area contributed by atoms with Crippen LogP contribution in [0.5, 0.6) is 0 Å². The third-order valence-corrected chi connectivity index (χ3v) is 4.93. The Labute approximate surface area is 125 Å². The van der Waals surface area contributed by atoms with E-state index < -0.39 is 0 Å². The number of carbonyl (C=O) groups is 1. The first-order valence-electron chi connectivity index (χ1n) is 7.57. The van der Waals surface area contributed by atoms with E-state index in [9.17, 15) is 4.79 Å². The van der Waals surface area contributed by atoms with Crippen LogP contribution in [0.1, 0.15) is 44.3 Å². The second kappa shape index (κ2) is 7.18. The van der Waals surface area contributed by atoms with Gasteiger partial charge in [-0.1, -0.05) is 20.8 Å². The van der Waals surface area contributed by atoms with Gasteiger partial charge in [0.2, 0.25) is 5.91 Å². The minimum Gasteiger partial charge on any atom is -0.349 e. The van der Waals surface area contributed by atoms with E-state index >= 15 is 0 Å². The lowest BCUT2D eigenvalue weighted by Crippen LogP contribution is -2.29. The molecule has 1 atom stereocenters. The molecule has 0 aliphatic heterocycles. The largest absolute Gasteiger partial charge is 0.349 e. The number of carbonyl (C=O) groups excluding carboxylic acids is 1. The van der Waals surface area contributed by atoms with E-state index in [1.165, 1.54) is 12.8 Å². The normalized spacial score (nSPS) is 16.4. The van der Waals surface area contributed by atoms with E-state index in [-0.39, 0.29) is 11.8 Å². The quantitative estimate of drug-likeness (QED) is 0.802. The van der Waals surface area contributed by atoms with Crippen molar-refractivity contribution >= 4 is 17.2 Å². The van der Waals surface area contributed by atoms with E-state index in [0.717, 1.165) is 30.3 Å². The fourth-order valence-electron chi connectivity index (χ4n) is 2.31. The lowest BCUT2D eigenvalue weighted by atomic mass is 10.1. The zero-order chi connectivity index (χ0) is 14.5. The molecule has 1 aliphatic carbocycles. The van der Waals surface area contributed by atoms with Gasteiger partial charge >= 0.3 is 0 Å². The maximum atomic E-state index is 11.9. The van der Waals surface area contributed by atoms with Crippen molar-refractivity contribution in [2.24, 2.45) is 11.8 Å². The predicted molar refractivity (Wildman–Crippen MR) is 82.5 cm³/mol. The minimum atomic E-state index is 0.158. The number of hydrogen-bond donors (Lipinski definition) is 1. The van der Waals surface area contributed by atoms with Crippen molar-refractivity contribution in [3.05, 3.63) is 16.1 Å². The molecule has 1 heterocycles.